The first-order valence-electron chi connectivity index (χ1n) is 5.37. The molecule has 0 radical (unpaired) electrons. The van der Waals surface area contributed by atoms with Gasteiger partial charge in [-0.2, -0.15) is 0 Å². The molecule has 82 valence electrons. The van der Waals surface area contributed by atoms with Crippen LogP contribution in [0.3, 0.4) is 0 Å². The van der Waals surface area contributed by atoms with Crippen LogP contribution in [0.4, 0.5) is 0 Å². The smallest absolute Gasteiger partial charge is 0.168 e. The van der Waals surface area contributed by atoms with Crippen molar-refractivity contribution in [1.29, 1.82) is 0 Å². The van der Waals surface area contributed by atoms with E-state index in [-0.39, 0.29) is 0 Å². The van der Waals surface area contributed by atoms with Crippen LogP contribution in [0.25, 0.3) is 0 Å². The summed E-state index contributed by atoms with van der Waals surface area (Å²) in [6, 6.07) is 0. The second-order valence-electron chi connectivity index (χ2n) is 4.08. The Balaban J connectivity index is 2.03. The second-order valence-corrected chi connectivity index (χ2v) is 4.47. The Kier molecular flexibility index (Phi) is 5.19. The summed E-state index contributed by atoms with van der Waals surface area (Å²) in [4.78, 5) is 4.46. The molecule has 0 aliphatic carbocycles. The van der Waals surface area contributed by atoms with Crippen molar-refractivity contribution in [2.45, 2.75) is 19.3 Å². The molecule has 4 heteroatoms. The zero-order valence-corrected chi connectivity index (χ0v) is 10.1. The van der Waals surface area contributed by atoms with Crippen molar-refractivity contribution in [3.05, 3.63) is 0 Å². The third-order valence-electron chi connectivity index (χ3n) is 2.45. The van der Waals surface area contributed by atoms with Crippen molar-refractivity contribution in [3.8, 4) is 0 Å². The fraction of sp³-hybridized carbons (Fsp3) is 0.900. The summed E-state index contributed by atoms with van der Waals surface area (Å²) in [5.41, 5.74) is 0. The van der Waals surface area contributed by atoms with Crippen LogP contribution in [0.15, 0.2) is 0 Å². The van der Waals surface area contributed by atoms with E-state index in [1.54, 1.807) is 0 Å². The summed E-state index contributed by atoms with van der Waals surface area (Å²) >= 11 is 5.29. The highest BCUT2D eigenvalue weighted by atomic mass is 32.1. The molecule has 14 heavy (non-hydrogen) atoms. The van der Waals surface area contributed by atoms with E-state index in [4.69, 9.17) is 12.2 Å². The van der Waals surface area contributed by atoms with E-state index in [1.807, 2.05) is 0 Å². The third kappa shape index (κ3) is 4.24. The maximum absolute atomic E-state index is 5.29. The minimum atomic E-state index is 0.946. The van der Waals surface area contributed by atoms with Gasteiger partial charge >= 0.3 is 0 Å². The molecule has 1 rings (SSSR count). The van der Waals surface area contributed by atoms with Crippen LogP contribution in [-0.4, -0.2) is 55.2 Å². The zero-order chi connectivity index (χ0) is 10.4. The maximum Gasteiger partial charge on any atom is 0.168 e. The number of nitrogens with one attached hydrogen (secondary N) is 1. The molecule has 1 N–H and O–H groups in total. The Bertz CT molecular complexity index is 176. The van der Waals surface area contributed by atoms with E-state index >= 15 is 0 Å². The quantitative estimate of drug-likeness (QED) is 0.555. The molecule has 0 saturated carbocycles. The number of nitrogens with zero attached hydrogens (tertiary/aromatic N) is 2. The summed E-state index contributed by atoms with van der Waals surface area (Å²) in [7, 11) is 4.19. The average Bonchev–Trinajstić information content (AvgIpc) is 2.64. The van der Waals surface area contributed by atoms with Gasteiger partial charge in [0.2, 0.25) is 0 Å². The lowest BCUT2D eigenvalue weighted by molar-refractivity contribution is 0.397. The Morgan fingerprint density at radius 3 is 2.57 bits per heavy atom. The summed E-state index contributed by atoms with van der Waals surface area (Å²) in [6.07, 6.45) is 3.74. The Hall–Kier alpha value is -0.350. The van der Waals surface area contributed by atoms with Gasteiger partial charge < -0.3 is 15.1 Å². The van der Waals surface area contributed by atoms with Gasteiger partial charge in [-0.15, -0.1) is 0 Å². The first kappa shape index (κ1) is 11.7. The molecule has 0 aromatic carbocycles. The van der Waals surface area contributed by atoms with Crippen LogP contribution in [0.5, 0.6) is 0 Å². The molecule has 0 atom stereocenters. The fourth-order valence-corrected chi connectivity index (χ4v) is 1.91. The van der Waals surface area contributed by atoms with Gasteiger partial charge in [0.25, 0.3) is 0 Å². The molecule has 0 unspecified atom stereocenters. The maximum atomic E-state index is 5.29. The topological polar surface area (TPSA) is 18.5 Å². The highest BCUT2D eigenvalue weighted by molar-refractivity contribution is 7.80. The van der Waals surface area contributed by atoms with Crippen molar-refractivity contribution in [1.82, 2.24) is 15.1 Å². The molecule has 1 saturated heterocycles. The van der Waals surface area contributed by atoms with Crippen LogP contribution in [0, 0.1) is 0 Å². The van der Waals surface area contributed by atoms with E-state index in [0.717, 1.165) is 37.7 Å². The highest BCUT2D eigenvalue weighted by Gasteiger charge is 2.13. The largest absolute Gasteiger partial charge is 0.363 e. The lowest BCUT2D eigenvalue weighted by atomic mass is 10.4. The molecule has 0 spiro atoms. The van der Waals surface area contributed by atoms with Crippen LogP contribution >= 0.6 is 12.2 Å². The van der Waals surface area contributed by atoms with E-state index in [1.165, 1.54) is 12.8 Å². The van der Waals surface area contributed by atoms with Crippen molar-refractivity contribution in [2.75, 3.05) is 40.3 Å². The number of hydrogen-bond acceptors (Lipinski definition) is 2. The predicted molar refractivity (Wildman–Crippen MR) is 64.6 cm³/mol. The third-order valence-corrected chi connectivity index (χ3v) is 2.85. The van der Waals surface area contributed by atoms with Gasteiger partial charge in [0.15, 0.2) is 5.11 Å². The monoisotopic (exact) mass is 215 g/mol. The second kappa shape index (κ2) is 6.19. The summed E-state index contributed by atoms with van der Waals surface area (Å²) < 4.78 is 0. The van der Waals surface area contributed by atoms with E-state index in [0.29, 0.717) is 0 Å². The van der Waals surface area contributed by atoms with Gasteiger partial charge in [-0.25, -0.2) is 0 Å². The molecule has 0 bridgehead atoms. The molecular formula is C10H21N3S. The molecule has 1 fully saturated rings. The van der Waals surface area contributed by atoms with Crippen molar-refractivity contribution >= 4 is 17.3 Å². The Morgan fingerprint density at radius 2 is 2.00 bits per heavy atom. The number of thiocarbonyl (C=S) groups is 1. The standard InChI is InChI=1S/C10H21N3S/c1-12(2)7-5-6-11-10(14)13-8-3-4-9-13/h3-9H2,1-2H3,(H,11,14). The van der Waals surface area contributed by atoms with Crippen LogP contribution in [0.2, 0.25) is 0 Å². The summed E-state index contributed by atoms with van der Waals surface area (Å²) in [5.74, 6) is 0. The summed E-state index contributed by atoms with van der Waals surface area (Å²) in [5, 5.41) is 4.26. The van der Waals surface area contributed by atoms with Gasteiger partial charge in [0.1, 0.15) is 0 Å². The first-order chi connectivity index (χ1) is 6.70. The van der Waals surface area contributed by atoms with Crippen molar-refractivity contribution in [3.63, 3.8) is 0 Å². The van der Waals surface area contributed by atoms with Crippen LogP contribution in [0.1, 0.15) is 19.3 Å². The molecule has 1 heterocycles. The highest BCUT2D eigenvalue weighted by Crippen LogP contribution is 2.06. The zero-order valence-electron chi connectivity index (χ0n) is 9.25. The molecular weight excluding hydrogens is 194 g/mol. The molecule has 0 amide bonds. The van der Waals surface area contributed by atoms with Gasteiger partial charge in [-0.1, -0.05) is 0 Å². The molecule has 0 aromatic heterocycles. The number of likely N-dealkylation sites (tertiary alicyclic amines) is 1. The normalized spacial score (nSPS) is 16.4. The fourth-order valence-electron chi connectivity index (χ4n) is 1.62. The molecule has 0 aromatic rings. The minimum Gasteiger partial charge on any atom is -0.363 e. The molecule has 3 nitrogen and oxygen atoms in total. The van der Waals surface area contributed by atoms with E-state index < -0.39 is 0 Å². The first-order valence-corrected chi connectivity index (χ1v) is 5.78. The van der Waals surface area contributed by atoms with Gasteiger partial charge in [-0.05, 0) is 52.1 Å². The van der Waals surface area contributed by atoms with Crippen LogP contribution < -0.4 is 5.32 Å². The Morgan fingerprint density at radius 1 is 1.36 bits per heavy atom. The SMILES string of the molecule is CN(C)CCCNC(=S)N1CCCC1. The number of hydrogen-bond donors (Lipinski definition) is 1. The Labute approximate surface area is 92.4 Å². The van der Waals surface area contributed by atoms with Gasteiger partial charge in [0, 0.05) is 19.6 Å². The molecule has 1 aliphatic heterocycles. The lowest BCUT2D eigenvalue weighted by Crippen LogP contribution is -2.38. The predicted octanol–water partition coefficient (Wildman–Crippen LogP) is 0.908. The van der Waals surface area contributed by atoms with Crippen molar-refractivity contribution < 1.29 is 0 Å². The van der Waals surface area contributed by atoms with E-state index in [9.17, 15) is 0 Å². The minimum absolute atomic E-state index is 0.946. The van der Waals surface area contributed by atoms with Crippen molar-refractivity contribution in [2.24, 2.45) is 0 Å². The van der Waals surface area contributed by atoms with Gasteiger partial charge in [-0.3, -0.25) is 0 Å². The summed E-state index contributed by atoms with van der Waals surface area (Å²) in [6.45, 7) is 4.39. The number of rotatable bonds is 4. The van der Waals surface area contributed by atoms with E-state index in [2.05, 4.69) is 29.2 Å². The van der Waals surface area contributed by atoms with Crippen LogP contribution in [-0.2, 0) is 0 Å². The molecule has 1 aliphatic rings. The average molecular weight is 215 g/mol. The lowest BCUT2D eigenvalue weighted by Gasteiger charge is -2.19. The van der Waals surface area contributed by atoms with Gasteiger partial charge in [0.05, 0.1) is 0 Å².